The first-order valence-electron chi connectivity index (χ1n) is 10.9. The van der Waals surface area contributed by atoms with E-state index >= 15 is 0 Å². The highest BCUT2D eigenvalue weighted by atomic mass is 32.1. The van der Waals surface area contributed by atoms with Gasteiger partial charge in [-0.2, -0.15) is 13.2 Å². The number of benzene rings is 1. The van der Waals surface area contributed by atoms with Gasteiger partial charge in [-0.1, -0.05) is 6.07 Å². The van der Waals surface area contributed by atoms with Crippen LogP contribution in [0.1, 0.15) is 29.7 Å². The molecule has 4 heterocycles. The second-order valence-corrected chi connectivity index (χ2v) is 10.6. The molecule has 3 aromatic heterocycles. The number of fused-ring (bicyclic) bond motifs is 2. The molecule has 1 N–H and O–H groups in total. The van der Waals surface area contributed by atoms with E-state index in [0.29, 0.717) is 27.2 Å². The number of aromatic amines is 1. The van der Waals surface area contributed by atoms with Crippen molar-refractivity contribution in [3.63, 3.8) is 0 Å². The van der Waals surface area contributed by atoms with Gasteiger partial charge in [0.05, 0.1) is 17.3 Å². The molecule has 1 aliphatic heterocycles. The fourth-order valence-electron chi connectivity index (χ4n) is 5.58. The number of hydrogen-bond donors (Lipinski definition) is 1. The minimum atomic E-state index is -4.23. The van der Waals surface area contributed by atoms with Gasteiger partial charge in [-0.25, -0.2) is 14.8 Å². The van der Waals surface area contributed by atoms with Gasteiger partial charge in [0.15, 0.2) is 5.58 Å². The molecule has 2 aliphatic rings. The Morgan fingerprint density at radius 2 is 2.09 bits per heavy atom. The van der Waals surface area contributed by atoms with E-state index in [9.17, 15) is 18.0 Å². The summed E-state index contributed by atoms with van der Waals surface area (Å²) in [5.41, 5.74) is 2.70. The molecule has 172 valence electrons. The van der Waals surface area contributed by atoms with Gasteiger partial charge >= 0.3 is 11.9 Å². The first-order chi connectivity index (χ1) is 15.8. The predicted octanol–water partition coefficient (Wildman–Crippen LogP) is 5.08. The molecule has 4 aromatic rings. The minimum absolute atomic E-state index is 0.234. The minimum Gasteiger partial charge on any atom is -0.408 e. The van der Waals surface area contributed by atoms with Crippen LogP contribution in [0.4, 0.5) is 19.0 Å². The van der Waals surface area contributed by atoms with Crippen LogP contribution in [0.5, 0.6) is 0 Å². The Morgan fingerprint density at radius 3 is 2.91 bits per heavy atom. The zero-order valence-corrected chi connectivity index (χ0v) is 18.4. The Bertz CT molecular complexity index is 1400. The molecule has 0 amide bonds. The molecule has 0 radical (unpaired) electrons. The van der Waals surface area contributed by atoms with Crippen molar-refractivity contribution in [2.75, 3.05) is 18.0 Å². The van der Waals surface area contributed by atoms with Gasteiger partial charge in [0.2, 0.25) is 0 Å². The zero-order valence-electron chi connectivity index (χ0n) is 17.6. The lowest BCUT2D eigenvalue weighted by atomic mass is 9.77. The van der Waals surface area contributed by atoms with E-state index < -0.39 is 18.4 Å². The second-order valence-electron chi connectivity index (χ2n) is 9.43. The molecule has 0 bridgehead atoms. The molecule has 1 aliphatic carbocycles. The summed E-state index contributed by atoms with van der Waals surface area (Å²) in [6.07, 6.45) is 0.598. The first-order valence-corrected chi connectivity index (χ1v) is 11.7. The molecule has 33 heavy (non-hydrogen) atoms. The molecule has 1 spiro atoms. The van der Waals surface area contributed by atoms with Crippen molar-refractivity contribution in [2.45, 2.75) is 38.3 Å². The summed E-state index contributed by atoms with van der Waals surface area (Å²) in [7, 11) is 0. The third-order valence-electron chi connectivity index (χ3n) is 6.90. The van der Waals surface area contributed by atoms with Crippen molar-refractivity contribution < 1.29 is 17.6 Å². The van der Waals surface area contributed by atoms with Crippen molar-refractivity contribution in [2.24, 2.45) is 11.3 Å². The van der Waals surface area contributed by atoms with Gasteiger partial charge in [-0.3, -0.25) is 4.98 Å². The lowest BCUT2D eigenvalue weighted by Gasteiger charge is -2.49. The predicted molar refractivity (Wildman–Crippen MR) is 120 cm³/mol. The number of nitrogens with zero attached hydrogens (tertiary/aromatic N) is 3. The molecule has 1 atom stereocenters. The number of hydrogen-bond acceptors (Lipinski definition) is 6. The Balaban J connectivity index is 1.14. The molecule has 6 nitrogen and oxygen atoms in total. The number of nitrogens with one attached hydrogen (secondary N) is 1. The SMILES string of the molecule is O=c1[nH]c2ccc(CC3CCC4(C3)CN(c3ncnc5sc(CC(F)(F)F)cc35)C4)cc2o1. The highest BCUT2D eigenvalue weighted by Crippen LogP contribution is 2.51. The van der Waals surface area contributed by atoms with Crippen LogP contribution in [0, 0.1) is 11.3 Å². The summed E-state index contributed by atoms with van der Waals surface area (Å²) in [6.45, 7) is 1.73. The van der Waals surface area contributed by atoms with Crippen LogP contribution in [-0.4, -0.2) is 34.2 Å². The van der Waals surface area contributed by atoms with Gasteiger partial charge in [0, 0.05) is 23.4 Å². The summed E-state index contributed by atoms with van der Waals surface area (Å²) in [5.74, 6) is 0.860. The molecule has 2 fully saturated rings. The average molecular weight is 475 g/mol. The Hall–Kier alpha value is -2.88. The Labute approximate surface area is 190 Å². The van der Waals surface area contributed by atoms with Crippen molar-refractivity contribution in [1.29, 1.82) is 0 Å². The zero-order chi connectivity index (χ0) is 22.8. The normalized spacial score (nSPS) is 20.2. The van der Waals surface area contributed by atoms with Crippen molar-refractivity contribution in [3.8, 4) is 0 Å². The Kier molecular flexibility index (Phi) is 4.59. The van der Waals surface area contributed by atoms with E-state index in [1.54, 1.807) is 6.07 Å². The Morgan fingerprint density at radius 1 is 1.24 bits per heavy atom. The summed E-state index contributed by atoms with van der Waals surface area (Å²) < 4.78 is 43.6. The molecule has 1 saturated carbocycles. The summed E-state index contributed by atoms with van der Waals surface area (Å²) in [6, 6.07) is 7.47. The maximum atomic E-state index is 12.8. The standard InChI is InChI=1S/C23H21F3N4O2S/c24-23(25,26)9-15-7-16-19(27-12-28-20(16)33-15)30-10-22(11-30)4-3-14(8-22)5-13-1-2-17-18(6-13)32-21(31)29-17/h1-2,6-7,12,14H,3-5,8-11H2,(H,29,31). The number of alkyl halides is 3. The summed E-state index contributed by atoms with van der Waals surface area (Å²) in [5, 5.41) is 0.715. The first kappa shape index (κ1) is 20.7. The van der Waals surface area contributed by atoms with Gasteiger partial charge in [-0.15, -0.1) is 11.3 Å². The van der Waals surface area contributed by atoms with Gasteiger partial charge < -0.3 is 9.32 Å². The van der Waals surface area contributed by atoms with Crippen LogP contribution in [-0.2, 0) is 12.8 Å². The molecular weight excluding hydrogens is 453 g/mol. The largest absolute Gasteiger partial charge is 0.417 e. The van der Waals surface area contributed by atoms with E-state index in [0.717, 1.165) is 61.5 Å². The number of rotatable bonds is 4. The lowest BCUT2D eigenvalue weighted by Crippen LogP contribution is -2.55. The molecule has 1 aromatic carbocycles. The van der Waals surface area contributed by atoms with E-state index in [1.165, 1.54) is 6.33 Å². The van der Waals surface area contributed by atoms with Crippen molar-refractivity contribution >= 4 is 38.5 Å². The third kappa shape index (κ3) is 3.90. The number of aromatic nitrogens is 3. The van der Waals surface area contributed by atoms with Crippen LogP contribution < -0.4 is 10.7 Å². The van der Waals surface area contributed by atoms with Gasteiger partial charge in [-0.05, 0) is 55.4 Å². The highest BCUT2D eigenvalue weighted by molar-refractivity contribution is 7.18. The van der Waals surface area contributed by atoms with Crippen molar-refractivity contribution in [3.05, 3.63) is 51.6 Å². The number of halogens is 3. The smallest absolute Gasteiger partial charge is 0.408 e. The number of H-pyrrole nitrogens is 1. The van der Waals surface area contributed by atoms with Crippen LogP contribution in [0.3, 0.4) is 0 Å². The second kappa shape index (κ2) is 7.31. The lowest BCUT2D eigenvalue weighted by molar-refractivity contribution is -0.126. The van der Waals surface area contributed by atoms with Crippen LogP contribution in [0.15, 0.2) is 39.8 Å². The van der Waals surface area contributed by atoms with E-state index in [1.807, 2.05) is 18.2 Å². The number of thiophene rings is 1. The fraction of sp³-hybridized carbons (Fsp3) is 0.435. The average Bonchev–Trinajstić information content (AvgIpc) is 3.40. The van der Waals surface area contributed by atoms with Crippen molar-refractivity contribution in [1.82, 2.24) is 15.0 Å². The highest BCUT2D eigenvalue weighted by Gasteiger charge is 2.48. The van der Waals surface area contributed by atoms with E-state index in [-0.39, 0.29) is 10.3 Å². The summed E-state index contributed by atoms with van der Waals surface area (Å²) in [4.78, 5) is 25.7. The topological polar surface area (TPSA) is 75.0 Å². The van der Waals surface area contributed by atoms with E-state index in [4.69, 9.17) is 4.42 Å². The molecule has 1 unspecified atom stereocenters. The third-order valence-corrected chi connectivity index (χ3v) is 7.94. The van der Waals surface area contributed by atoms with Gasteiger partial charge in [0.1, 0.15) is 17.0 Å². The van der Waals surface area contributed by atoms with Gasteiger partial charge in [0.25, 0.3) is 0 Å². The molecular formula is C23H21F3N4O2S. The number of anilines is 1. The maximum absolute atomic E-state index is 12.8. The van der Waals surface area contributed by atoms with E-state index in [2.05, 4.69) is 19.9 Å². The quantitative estimate of drug-likeness (QED) is 0.447. The maximum Gasteiger partial charge on any atom is 0.417 e. The fourth-order valence-corrected chi connectivity index (χ4v) is 6.60. The molecule has 6 rings (SSSR count). The summed E-state index contributed by atoms with van der Waals surface area (Å²) >= 11 is 1.09. The van der Waals surface area contributed by atoms with Crippen LogP contribution in [0.25, 0.3) is 21.3 Å². The molecule has 1 saturated heterocycles. The monoisotopic (exact) mass is 474 g/mol. The molecule has 10 heteroatoms. The van der Waals surface area contributed by atoms with Crippen LogP contribution in [0.2, 0.25) is 0 Å². The number of oxazole rings is 1. The van der Waals surface area contributed by atoms with Crippen LogP contribution >= 0.6 is 11.3 Å².